The number of hydrogen-bond donors (Lipinski definition) is 1. The number of carbonyl (C=O) groups is 4. The number of nitrogens with zero attached hydrogens (tertiary/aromatic N) is 5. The summed E-state index contributed by atoms with van der Waals surface area (Å²) in [6.07, 6.45) is 5.90. The maximum Gasteiger partial charge on any atom is 0.269 e. The summed E-state index contributed by atoms with van der Waals surface area (Å²) in [5.41, 5.74) is 1.63. The van der Waals surface area contributed by atoms with Crippen molar-refractivity contribution in [3.8, 4) is 27.8 Å². The first-order chi connectivity index (χ1) is 28.7. The fourth-order valence-electron chi connectivity index (χ4n) is 9.85. The first-order valence-electron chi connectivity index (χ1n) is 19.2. The molecule has 0 spiro atoms. The molecule has 0 bridgehead atoms. The topological polar surface area (TPSA) is 174 Å². The van der Waals surface area contributed by atoms with Crippen LogP contribution < -0.4 is 19.3 Å². The maximum atomic E-state index is 15.2. The summed E-state index contributed by atoms with van der Waals surface area (Å²) in [5.74, 6) is -5.06. The van der Waals surface area contributed by atoms with Crippen molar-refractivity contribution in [2.24, 2.45) is 42.1 Å². The second-order valence-electron chi connectivity index (χ2n) is 15.8. The molecule has 0 radical (unpaired) electrons. The Balaban J connectivity index is 1.14. The van der Waals surface area contributed by atoms with Crippen LogP contribution in [0.1, 0.15) is 30.9 Å². The van der Waals surface area contributed by atoms with Gasteiger partial charge in [-0.25, -0.2) is 4.90 Å². The Bertz CT molecular complexity index is 2750. The second kappa shape index (κ2) is 14.2. The predicted molar refractivity (Wildman–Crippen MR) is 225 cm³/mol. The number of nitro groups is 1. The van der Waals surface area contributed by atoms with Crippen molar-refractivity contribution in [2.45, 2.75) is 26.7 Å². The highest BCUT2D eigenvalue weighted by atomic mass is 35.5. The molecule has 4 heterocycles. The van der Waals surface area contributed by atoms with Gasteiger partial charge in [-0.3, -0.25) is 38.9 Å². The number of hydrogen-bond acceptors (Lipinski definition) is 11. The smallest absolute Gasteiger partial charge is 0.269 e. The third-order valence-electron chi connectivity index (χ3n) is 12.9. The molecule has 306 valence electrons. The molecule has 2 aliphatic carbocycles. The van der Waals surface area contributed by atoms with Crippen LogP contribution in [0.5, 0.6) is 17.2 Å². The first kappa shape index (κ1) is 39.2. The zero-order valence-electron chi connectivity index (χ0n) is 33.0. The molecule has 3 aromatic carbocycles. The number of nitro benzene ring substituents is 1. The van der Waals surface area contributed by atoms with Gasteiger partial charge in [0.15, 0.2) is 11.5 Å². The van der Waals surface area contributed by atoms with Gasteiger partial charge in [0.05, 0.1) is 52.9 Å². The minimum atomic E-state index is -1.33. The fraction of sp³-hybridized carbons (Fsp3) is 0.295. The minimum absolute atomic E-state index is 0.129. The van der Waals surface area contributed by atoms with Gasteiger partial charge in [0.2, 0.25) is 29.4 Å². The molecule has 14 nitrogen and oxygen atoms in total. The van der Waals surface area contributed by atoms with Gasteiger partial charge in [0.1, 0.15) is 11.5 Å². The van der Waals surface area contributed by atoms with E-state index in [0.717, 1.165) is 31.0 Å². The Hall–Kier alpha value is -6.32. The number of anilines is 2. The van der Waals surface area contributed by atoms with Crippen molar-refractivity contribution >= 4 is 79.9 Å². The van der Waals surface area contributed by atoms with Crippen LogP contribution >= 0.6 is 22.9 Å². The highest BCUT2D eigenvalue weighted by Crippen LogP contribution is 2.61. The lowest BCUT2D eigenvalue weighted by Crippen LogP contribution is -2.49. The molecule has 4 aliphatic rings. The number of aryl methyl sites for hydroxylation is 2. The number of benzene rings is 3. The first-order valence-corrected chi connectivity index (χ1v) is 20.4. The molecule has 1 N–H and O–H groups in total. The zero-order chi connectivity index (χ0) is 42.5. The summed E-state index contributed by atoms with van der Waals surface area (Å²) in [4.78, 5) is 72.6. The Labute approximate surface area is 352 Å². The van der Waals surface area contributed by atoms with Crippen LogP contribution in [0.2, 0.25) is 5.02 Å². The van der Waals surface area contributed by atoms with Crippen LogP contribution in [0.15, 0.2) is 78.4 Å². The molecule has 9 rings (SSSR count). The van der Waals surface area contributed by atoms with E-state index in [9.17, 15) is 29.6 Å². The highest BCUT2D eigenvalue weighted by molar-refractivity contribution is 7.22. The number of rotatable bonds is 8. The molecule has 2 aliphatic heterocycles. The SMILES string of the molecule is COc1cc(C=C[C@H]2C3=CC[C@@H]4C(=O)N(c5ccc([N+](=O)[O-])cc5)C(=O)[C@@H]4[C@@H]3C[C@H]3C(=O)N(c4cc(-c5sc6ccc(Cl)cc6c5C)nn4C)C(=O)[C@@]23C)cc(OC)c1O. The third kappa shape index (κ3) is 5.69. The molecule has 2 saturated heterocycles. The average Bonchev–Trinajstić information content (AvgIpc) is 3.90. The number of carbonyl (C=O) groups excluding carboxylic acids is 4. The van der Waals surface area contributed by atoms with Gasteiger partial charge in [0.25, 0.3) is 5.69 Å². The van der Waals surface area contributed by atoms with Crippen molar-refractivity contribution < 1.29 is 38.7 Å². The van der Waals surface area contributed by atoms with Gasteiger partial charge in [-0.1, -0.05) is 35.4 Å². The number of amides is 4. The van der Waals surface area contributed by atoms with Gasteiger partial charge in [-0.2, -0.15) is 5.10 Å². The number of phenols is 1. The lowest BCUT2D eigenvalue weighted by Gasteiger charge is -2.47. The Kier molecular flexibility index (Phi) is 9.24. The van der Waals surface area contributed by atoms with E-state index >= 15 is 4.79 Å². The highest BCUT2D eigenvalue weighted by Gasteiger charge is 2.67. The van der Waals surface area contributed by atoms with Crippen molar-refractivity contribution in [1.82, 2.24) is 9.78 Å². The van der Waals surface area contributed by atoms with Crippen molar-refractivity contribution in [1.29, 1.82) is 0 Å². The standard InChI is InChI=1S/C44H38ClN5O9S/c1-21-28-18-23(45)7-15-35(28)60-39(21)32-20-36(47(3)46-32)49-41(53)31-19-29-26(12-13-27-37(29)42(54)48(40(27)52)24-8-10-25(11-9-24)50(56)57)30(44(31,2)43(49)55)14-6-22-16-33(58-4)38(51)34(17-22)59-5/h6-12,14-18,20,27,29-31,37,51H,13,19H2,1-5H3/t27-,29+,30-,31-,37-,44-/m0/s1. The molecule has 4 amide bonds. The van der Waals surface area contributed by atoms with E-state index in [-0.39, 0.29) is 41.5 Å². The number of allylic oxidation sites excluding steroid dienone is 3. The molecule has 0 unspecified atom stereocenters. The number of fused-ring (bicyclic) bond motifs is 5. The number of ether oxygens (including phenoxy) is 2. The Morgan fingerprint density at radius 2 is 1.67 bits per heavy atom. The van der Waals surface area contributed by atoms with Crippen LogP contribution in [0.25, 0.3) is 26.7 Å². The molecule has 60 heavy (non-hydrogen) atoms. The van der Waals surface area contributed by atoms with E-state index in [1.165, 1.54) is 59.4 Å². The van der Waals surface area contributed by atoms with Gasteiger partial charge in [-0.05, 0) is 91.6 Å². The van der Waals surface area contributed by atoms with Gasteiger partial charge in [-0.15, -0.1) is 11.3 Å². The van der Waals surface area contributed by atoms with E-state index in [0.29, 0.717) is 22.1 Å². The fourth-order valence-corrected chi connectivity index (χ4v) is 11.2. The van der Waals surface area contributed by atoms with Crippen LogP contribution in [-0.4, -0.2) is 57.7 Å². The van der Waals surface area contributed by atoms with E-state index in [1.807, 2.05) is 37.3 Å². The number of imide groups is 2. The predicted octanol–water partition coefficient (Wildman–Crippen LogP) is 7.88. The van der Waals surface area contributed by atoms with Crippen molar-refractivity contribution in [2.75, 3.05) is 24.0 Å². The molecular formula is C44H38ClN5O9S. The molecular weight excluding hydrogens is 810 g/mol. The summed E-state index contributed by atoms with van der Waals surface area (Å²) in [7, 11) is 4.53. The van der Waals surface area contributed by atoms with Gasteiger partial charge in [0, 0.05) is 40.9 Å². The number of aromatic nitrogens is 2. The van der Waals surface area contributed by atoms with Gasteiger partial charge < -0.3 is 14.6 Å². The van der Waals surface area contributed by atoms with E-state index in [2.05, 4.69) is 0 Å². The number of halogens is 1. The number of phenolic OH excluding ortho intramolecular Hbond substituents is 1. The second-order valence-corrected chi connectivity index (χ2v) is 17.3. The summed E-state index contributed by atoms with van der Waals surface area (Å²) < 4.78 is 13.3. The zero-order valence-corrected chi connectivity index (χ0v) is 34.6. The molecule has 2 aromatic heterocycles. The summed E-state index contributed by atoms with van der Waals surface area (Å²) in [6, 6.07) is 15.9. The van der Waals surface area contributed by atoms with Crippen LogP contribution in [0.3, 0.4) is 0 Å². The van der Waals surface area contributed by atoms with Crippen molar-refractivity contribution in [3.63, 3.8) is 0 Å². The molecule has 16 heteroatoms. The van der Waals surface area contributed by atoms with Crippen LogP contribution in [-0.2, 0) is 26.2 Å². The minimum Gasteiger partial charge on any atom is -0.502 e. The van der Waals surface area contributed by atoms with E-state index in [4.69, 9.17) is 26.2 Å². The van der Waals surface area contributed by atoms with Crippen molar-refractivity contribution in [3.05, 3.63) is 105 Å². The number of aromatic hydroxyl groups is 1. The third-order valence-corrected chi connectivity index (χ3v) is 14.4. The van der Waals surface area contributed by atoms with E-state index < -0.39 is 63.6 Å². The normalized spacial score (nSPS) is 24.9. The van der Waals surface area contributed by atoms with Crippen LogP contribution in [0.4, 0.5) is 17.2 Å². The Morgan fingerprint density at radius 3 is 2.33 bits per heavy atom. The quantitative estimate of drug-likeness (QED) is 0.0700. The maximum absolute atomic E-state index is 15.2. The summed E-state index contributed by atoms with van der Waals surface area (Å²) >= 11 is 7.86. The summed E-state index contributed by atoms with van der Waals surface area (Å²) in [5, 5.41) is 28.4. The monoisotopic (exact) mass is 847 g/mol. The Morgan fingerprint density at radius 1 is 0.967 bits per heavy atom. The number of methoxy groups -OCH3 is 2. The molecule has 5 aromatic rings. The summed E-state index contributed by atoms with van der Waals surface area (Å²) in [6.45, 7) is 3.77. The average molecular weight is 848 g/mol. The lowest BCUT2D eigenvalue weighted by molar-refractivity contribution is -0.384. The molecule has 6 atom stereocenters. The lowest BCUT2D eigenvalue weighted by atomic mass is 9.52. The molecule has 1 saturated carbocycles. The largest absolute Gasteiger partial charge is 0.502 e. The number of thiophene rings is 1. The van der Waals surface area contributed by atoms with Crippen LogP contribution in [0, 0.1) is 52.0 Å². The van der Waals surface area contributed by atoms with Gasteiger partial charge >= 0.3 is 0 Å². The number of non-ortho nitro benzene ring substituents is 1. The van der Waals surface area contributed by atoms with E-state index in [1.54, 1.807) is 38.2 Å². The molecule has 3 fully saturated rings.